The second-order valence-corrected chi connectivity index (χ2v) is 10.8. The predicted molar refractivity (Wildman–Crippen MR) is 145 cm³/mol. The first kappa shape index (κ1) is 28.5. The van der Waals surface area contributed by atoms with Gasteiger partial charge in [-0.1, -0.05) is 60.5 Å². The van der Waals surface area contributed by atoms with Crippen molar-refractivity contribution in [2.24, 2.45) is 0 Å². The van der Waals surface area contributed by atoms with Crippen molar-refractivity contribution in [3.63, 3.8) is 0 Å². The molecule has 35 heavy (non-hydrogen) atoms. The zero-order valence-electron chi connectivity index (χ0n) is 23.0. The summed E-state index contributed by atoms with van der Waals surface area (Å²) in [5.74, 6) is 1.72. The molecule has 0 unspecified atom stereocenters. The summed E-state index contributed by atoms with van der Waals surface area (Å²) in [4.78, 5) is 12.4. The van der Waals surface area contributed by atoms with Gasteiger partial charge in [-0.15, -0.1) is 0 Å². The van der Waals surface area contributed by atoms with Gasteiger partial charge in [0.15, 0.2) is 0 Å². The highest BCUT2D eigenvalue weighted by molar-refractivity contribution is 5.92. The lowest BCUT2D eigenvalue weighted by Gasteiger charge is -2.32. The summed E-state index contributed by atoms with van der Waals surface area (Å²) in [6.45, 7) is 15.7. The Morgan fingerprint density at radius 3 is 2.09 bits per heavy atom. The Hall–Kier alpha value is -2.69. The third kappa shape index (κ3) is 7.65. The molecule has 2 rings (SSSR count). The van der Waals surface area contributed by atoms with Gasteiger partial charge in [0.1, 0.15) is 17.2 Å². The van der Waals surface area contributed by atoms with Gasteiger partial charge in [-0.05, 0) is 66.8 Å². The smallest absolute Gasteiger partial charge is 0.224 e. The Kier molecular flexibility index (Phi) is 10.1. The van der Waals surface area contributed by atoms with Crippen LogP contribution in [0.3, 0.4) is 0 Å². The van der Waals surface area contributed by atoms with E-state index in [4.69, 9.17) is 9.47 Å². The van der Waals surface area contributed by atoms with Crippen LogP contribution in [-0.4, -0.2) is 24.7 Å². The molecule has 0 radical (unpaired) electrons. The molecule has 0 aliphatic heterocycles. The molecule has 1 amide bonds. The van der Waals surface area contributed by atoms with Crippen LogP contribution in [-0.2, 0) is 15.6 Å². The average molecular weight is 484 g/mol. The molecule has 0 heterocycles. The Labute approximate surface area is 212 Å². The average Bonchev–Trinajstić information content (AvgIpc) is 2.78. The number of hydrogen-bond donors (Lipinski definition) is 2. The normalized spacial score (nSPS) is 11.9. The van der Waals surface area contributed by atoms with Crippen LogP contribution in [0.2, 0.25) is 0 Å². The van der Waals surface area contributed by atoms with Gasteiger partial charge in [-0.2, -0.15) is 0 Å². The number of anilines is 1. The Morgan fingerprint density at radius 2 is 1.51 bits per heavy atom. The van der Waals surface area contributed by atoms with Crippen LogP contribution in [0.15, 0.2) is 30.3 Å². The van der Waals surface area contributed by atoms with Gasteiger partial charge >= 0.3 is 0 Å². The van der Waals surface area contributed by atoms with Gasteiger partial charge < -0.3 is 19.9 Å². The third-order valence-electron chi connectivity index (χ3n) is 6.74. The van der Waals surface area contributed by atoms with E-state index in [1.54, 1.807) is 25.3 Å². The van der Waals surface area contributed by atoms with Crippen LogP contribution in [0, 0.1) is 6.92 Å². The van der Waals surface area contributed by atoms with Crippen molar-refractivity contribution in [2.75, 3.05) is 19.0 Å². The highest BCUT2D eigenvalue weighted by Crippen LogP contribution is 2.44. The van der Waals surface area contributed by atoms with Crippen molar-refractivity contribution in [2.45, 2.75) is 97.8 Å². The van der Waals surface area contributed by atoms with Crippen LogP contribution in [0.4, 0.5) is 5.69 Å². The number of hydrogen-bond acceptors (Lipinski definition) is 4. The molecule has 5 nitrogen and oxygen atoms in total. The number of methoxy groups -OCH3 is 1. The van der Waals surface area contributed by atoms with E-state index in [9.17, 15) is 9.90 Å². The quantitative estimate of drug-likeness (QED) is 0.227. The minimum atomic E-state index is -0.138. The van der Waals surface area contributed by atoms with Crippen LogP contribution in [0.5, 0.6) is 17.2 Å². The monoisotopic (exact) mass is 483 g/mol. The maximum absolute atomic E-state index is 12.4. The number of rotatable bonds is 13. The van der Waals surface area contributed by atoms with Gasteiger partial charge in [0, 0.05) is 17.5 Å². The van der Waals surface area contributed by atoms with Gasteiger partial charge in [0.2, 0.25) is 5.91 Å². The van der Waals surface area contributed by atoms with Crippen LogP contribution in [0.1, 0.15) is 96.8 Å². The minimum absolute atomic E-state index is 0.0403. The molecule has 2 N–H and O–H groups in total. The highest BCUT2D eigenvalue weighted by Gasteiger charge is 2.30. The van der Waals surface area contributed by atoms with E-state index in [1.165, 1.54) is 0 Å². The Morgan fingerprint density at radius 1 is 0.943 bits per heavy atom. The first-order valence-corrected chi connectivity index (χ1v) is 12.9. The fourth-order valence-corrected chi connectivity index (χ4v) is 4.80. The second kappa shape index (κ2) is 12.3. The predicted octanol–water partition coefficient (Wildman–Crippen LogP) is 7.66. The van der Waals surface area contributed by atoms with Crippen molar-refractivity contribution in [3.05, 3.63) is 47.0 Å². The molecule has 0 spiro atoms. The standard InChI is InChI=1S/C30H45NO4/c1-9-15-29(4,5)22-20-27(23(19-26(22)34-8)30(6,7)16-10-2)35-17-11-12-28(33)31-24-18-21(3)13-14-25(24)32/h13-14,18-20,32H,9-12,15-17H2,1-8H3,(H,31,33). The molecule has 5 heteroatoms. The fraction of sp³-hybridized carbons (Fsp3) is 0.567. The molecular formula is C30H45NO4. The SMILES string of the molecule is CCCC(C)(C)c1cc(OCCCC(=O)Nc2cc(C)ccc2O)c(C(C)(C)CCC)cc1OC. The number of phenols is 1. The molecular weight excluding hydrogens is 438 g/mol. The molecule has 0 atom stereocenters. The second-order valence-electron chi connectivity index (χ2n) is 10.8. The summed E-state index contributed by atoms with van der Waals surface area (Å²) in [5, 5.41) is 12.8. The van der Waals surface area contributed by atoms with E-state index < -0.39 is 0 Å². The van der Waals surface area contributed by atoms with Crippen molar-refractivity contribution in [1.29, 1.82) is 0 Å². The van der Waals surface area contributed by atoms with Crippen molar-refractivity contribution < 1.29 is 19.4 Å². The summed E-state index contributed by atoms with van der Waals surface area (Å²) < 4.78 is 12.2. The molecule has 0 fully saturated rings. The van der Waals surface area contributed by atoms with E-state index in [-0.39, 0.29) is 22.5 Å². The molecule has 0 bridgehead atoms. The number of amides is 1. The summed E-state index contributed by atoms with van der Waals surface area (Å²) in [6, 6.07) is 9.48. The molecule has 0 saturated heterocycles. The largest absolute Gasteiger partial charge is 0.506 e. The zero-order valence-corrected chi connectivity index (χ0v) is 23.0. The number of phenolic OH excluding ortho intramolecular Hbond substituents is 1. The number of benzene rings is 2. The van der Waals surface area contributed by atoms with Crippen LogP contribution in [0.25, 0.3) is 0 Å². The molecule has 194 valence electrons. The molecule has 2 aromatic carbocycles. The Balaban J connectivity index is 2.20. The lowest BCUT2D eigenvalue weighted by Crippen LogP contribution is -2.22. The maximum Gasteiger partial charge on any atom is 0.224 e. The fourth-order valence-electron chi connectivity index (χ4n) is 4.80. The van der Waals surface area contributed by atoms with Gasteiger partial charge in [0.25, 0.3) is 0 Å². The number of ether oxygens (including phenoxy) is 2. The lowest BCUT2D eigenvalue weighted by atomic mass is 9.75. The number of carbonyl (C=O) groups is 1. The highest BCUT2D eigenvalue weighted by atomic mass is 16.5. The molecule has 0 aromatic heterocycles. The van der Waals surface area contributed by atoms with E-state index in [0.717, 1.165) is 53.9 Å². The van der Waals surface area contributed by atoms with Gasteiger partial charge in [-0.25, -0.2) is 0 Å². The van der Waals surface area contributed by atoms with E-state index in [0.29, 0.717) is 25.1 Å². The minimum Gasteiger partial charge on any atom is -0.506 e. The van der Waals surface area contributed by atoms with Crippen molar-refractivity contribution >= 4 is 11.6 Å². The lowest BCUT2D eigenvalue weighted by molar-refractivity contribution is -0.116. The van der Waals surface area contributed by atoms with Crippen molar-refractivity contribution in [1.82, 2.24) is 0 Å². The van der Waals surface area contributed by atoms with Crippen LogP contribution >= 0.6 is 0 Å². The zero-order chi connectivity index (χ0) is 26.2. The van der Waals surface area contributed by atoms with Crippen LogP contribution < -0.4 is 14.8 Å². The van der Waals surface area contributed by atoms with E-state index >= 15 is 0 Å². The number of aromatic hydroxyl groups is 1. The number of nitrogens with one attached hydrogen (secondary N) is 1. The summed E-state index contributed by atoms with van der Waals surface area (Å²) in [5.41, 5.74) is 3.61. The summed E-state index contributed by atoms with van der Waals surface area (Å²) >= 11 is 0. The maximum atomic E-state index is 12.4. The summed E-state index contributed by atoms with van der Waals surface area (Å²) in [7, 11) is 1.74. The van der Waals surface area contributed by atoms with Crippen molar-refractivity contribution in [3.8, 4) is 17.2 Å². The van der Waals surface area contributed by atoms with Gasteiger partial charge in [-0.3, -0.25) is 4.79 Å². The number of carbonyl (C=O) groups excluding carboxylic acids is 1. The molecule has 0 aliphatic carbocycles. The summed E-state index contributed by atoms with van der Waals surface area (Å²) in [6.07, 6.45) is 5.13. The molecule has 0 aliphatic rings. The molecule has 0 saturated carbocycles. The first-order chi connectivity index (χ1) is 16.4. The topological polar surface area (TPSA) is 67.8 Å². The van der Waals surface area contributed by atoms with Gasteiger partial charge in [0.05, 0.1) is 19.4 Å². The van der Waals surface area contributed by atoms with E-state index in [2.05, 4.69) is 59.0 Å². The first-order valence-electron chi connectivity index (χ1n) is 12.9. The molecule has 2 aromatic rings. The third-order valence-corrected chi connectivity index (χ3v) is 6.74. The number of aryl methyl sites for hydroxylation is 1. The van der Waals surface area contributed by atoms with E-state index in [1.807, 2.05) is 6.92 Å². The Bertz CT molecular complexity index is 994.